The summed E-state index contributed by atoms with van der Waals surface area (Å²) in [7, 11) is 0. The van der Waals surface area contributed by atoms with E-state index in [4.69, 9.17) is 0 Å². The Balaban J connectivity index is 2.11. The molecule has 0 aliphatic carbocycles. The summed E-state index contributed by atoms with van der Waals surface area (Å²) in [6, 6.07) is 0.811. The molecule has 3 heteroatoms. The molecular weight excluding hydrogens is 186 g/mol. The highest BCUT2D eigenvalue weighted by Crippen LogP contribution is 2.24. The van der Waals surface area contributed by atoms with E-state index in [9.17, 15) is 0 Å². The van der Waals surface area contributed by atoms with Crippen molar-refractivity contribution in [1.82, 2.24) is 4.31 Å². The van der Waals surface area contributed by atoms with Crippen molar-refractivity contribution in [3.63, 3.8) is 0 Å². The molecule has 1 aliphatic heterocycles. The highest BCUT2D eigenvalue weighted by molar-refractivity contribution is 8.01. The molecule has 0 aromatic heterocycles. The second-order valence-corrected chi connectivity index (χ2v) is 5.43. The van der Waals surface area contributed by atoms with Gasteiger partial charge >= 0.3 is 0 Å². The molecule has 0 aromatic rings. The summed E-state index contributed by atoms with van der Waals surface area (Å²) in [5, 5.41) is 0. The van der Waals surface area contributed by atoms with Crippen LogP contribution in [0.4, 0.5) is 0 Å². The summed E-state index contributed by atoms with van der Waals surface area (Å²) in [6.45, 7) is 3.66. The number of thioether (sulfide) groups is 1. The average molecular weight is 205 g/mol. The van der Waals surface area contributed by atoms with Gasteiger partial charge in [0.05, 0.1) is 0 Å². The Labute approximate surface area is 84.8 Å². The first-order chi connectivity index (χ1) is 5.84. The van der Waals surface area contributed by atoms with Gasteiger partial charge in [-0.1, -0.05) is 18.4 Å². The average Bonchev–Trinajstić information content (AvgIpc) is 2.09. The van der Waals surface area contributed by atoms with Crippen molar-refractivity contribution in [2.75, 3.05) is 24.3 Å². The summed E-state index contributed by atoms with van der Waals surface area (Å²) in [6.07, 6.45) is 6.41. The van der Waals surface area contributed by atoms with E-state index in [1.165, 1.54) is 37.3 Å². The Hall–Kier alpha value is 0.660. The van der Waals surface area contributed by atoms with Crippen LogP contribution in [0.15, 0.2) is 0 Å². The molecule has 12 heavy (non-hydrogen) atoms. The van der Waals surface area contributed by atoms with E-state index in [0.717, 1.165) is 6.04 Å². The van der Waals surface area contributed by atoms with Crippen LogP contribution in [0.2, 0.25) is 0 Å². The standard InChI is InChI=1S/C9H19NS2/c1-9-5-3-4-6-10(9)12-8-7-11-2/h9H,3-8H2,1-2H3. The van der Waals surface area contributed by atoms with Gasteiger partial charge in [-0.05, 0) is 26.0 Å². The van der Waals surface area contributed by atoms with Crippen LogP contribution in [-0.4, -0.2) is 34.7 Å². The van der Waals surface area contributed by atoms with Crippen molar-refractivity contribution in [3.8, 4) is 0 Å². The fraction of sp³-hybridized carbons (Fsp3) is 1.00. The maximum Gasteiger partial charge on any atom is 0.0174 e. The Morgan fingerprint density at radius 1 is 1.33 bits per heavy atom. The molecule has 1 heterocycles. The predicted octanol–water partition coefficient (Wildman–Crippen LogP) is 2.87. The minimum absolute atomic E-state index is 0.811. The molecule has 0 radical (unpaired) electrons. The van der Waals surface area contributed by atoms with Gasteiger partial charge in [0.15, 0.2) is 0 Å². The lowest BCUT2D eigenvalue weighted by Crippen LogP contribution is -2.32. The molecule has 1 nitrogen and oxygen atoms in total. The van der Waals surface area contributed by atoms with Crippen molar-refractivity contribution in [2.45, 2.75) is 32.2 Å². The lowest BCUT2D eigenvalue weighted by atomic mass is 10.1. The highest BCUT2D eigenvalue weighted by Gasteiger charge is 2.17. The van der Waals surface area contributed by atoms with Crippen LogP contribution < -0.4 is 0 Å². The van der Waals surface area contributed by atoms with Gasteiger partial charge in [0.2, 0.25) is 0 Å². The Kier molecular flexibility index (Phi) is 5.52. The molecule has 0 spiro atoms. The molecule has 0 saturated carbocycles. The van der Waals surface area contributed by atoms with E-state index in [-0.39, 0.29) is 0 Å². The van der Waals surface area contributed by atoms with Crippen LogP contribution in [0.25, 0.3) is 0 Å². The normalized spacial score (nSPS) is 26.0. The largest absolute Gasteiger partial charge is 0.248 e. The minimum Gasteiger partial charge on any atom is -0.248 e. The van der Waals surface area contributed by atoms with Gasteiger partial charge in [0.1, 0.15) is 0 Å². The fourth-order valence-corrected chi connectivity index (χ4v) is 3.32. The third-order valence-electron chi connectivity index (χ3n) is 2.29. The molecule has 0 bridgehead atoms. The second kappa shape index (κ2) is 6.17. The van der Waals surface area contributed by atoms with Gasteiger partial charge in [0, 0.05) is 24.1 Å². The molecule has 1 unspecified atom stereocenters. The van der Waals surface area contributed by atoms with Crippen LogP contribution in [0.1, 0.15) is 26.2 Å². The zero-order valence-electron chi connectivity index (χ0n) is 8.08. The minimum atomic E-state index is 0.811. The van der Waals surface area contributed by atoms with Gasteiger partial charge in [-0.2, -0.15) is 11.8 Å². The zero-order chi connectivity index (χ0) is 8.81. The first-order valence-corrected chi connectivity index (χ1v) is 7.06. The summed E-state index contributed by atoms with van der Waals surface area (Å²) >= 11 is 3.99. The number of hydrogen-bond donors (Lipinski definition) is 0. The molecule has 1 saturated heterocycles. The third kappa shape index (κ3) is 3.58. The van der Waals surface area contributed by atoms with E-state index in [1.54, 1.807) is 0 Å². The number of nitrogens with zero attached hydrogens (tertiary/aromatic N) is 1. The topological polar surface area (TPSA) is 3.24 Å². The highest BCUT2D eigenvalue weighted by atomic mass is 32.2. The maximum absolute atomic E-state index is 2.57. The van der Waals surface area contributed by atoms with E-state index in [1.807, 2.05) is 23.7 Å². The van der Waals surface area contributed by atoms with Crippen LogP contribution in [-0.2, 0) is 0 Å². The SMILES string of the molecule is CSCCSN1CCCCC1C. The molecule has 1 rings (SSSR count). The molecular formula is C9H19NS2. The monoisotopic (exact) mass is 205 g/mol. The molecule has 0 N–H and O–H groups in total. The van der Waals surface area contributed by atoms with Crippen LogP contribution >= 0.6 is 23.7 Å². The van der Waals surface area contributed by atoms with E-state index in [0.29, 0.717) is 0 Å². The zero-order valence-corrected chi connectivity index (χ0v) is 9.72. The van der Waals surface area contributed by atoms with Gasteiger partial charge in [0.25, 0.3) is 0 Å². The molecule has 72 valence electrons. The van der Waals surface area contributed by atoms with Crippen LogP contribution in [0, 0.1) is 0 Å². The molecule has 1 fully saturated rings. The van der Waals surface area contributed by atoms with Crippen LogP contribution in [0.5, 0.6) is 0 Å². The Bertz CT molecular complexity index is 119. The smallest absolute Gasteiger partial charge is 0.0174 e. The van der Waals surface area contributed by atoms with E-state index < -0.39 is 0 Å². The van der Waals surface area contributed by atoms with Gasteiger partial charge in [-0.15, -0.1) is 0 Å². The second-order valence-electron chi connectivity index (χ2n) is 3.31. The van der Waals surface area contributed by atoms with Gasteiger partial charge in [-0.25, -0.2) is 4.31 Å². The Morgan fingerprint density at radius 3 is 2.83 bits per heavy atom. The lowest BCUT2D eigenvalue weighted by molar-refractivity contribution is 0.293. The predicted molar refractivity (Wildman–Crippen MR) is 60.9 cm³/mol. The van der Waals surface area contributed by atoms with Crippen molar-refractivity contribution in [3.05, 3.63) is 0 Å². The van der Waals surface area contributed by atoms with E-state index in [2.05, 4.69) is 17.5 Å². The number of piperidine rings is 1. The molecule has 0 amide bonds. The lowest BCUT2D eigenvalue weighted by Gasteiger charge is -2.31. The quantitative estimate of drug-likeness (QED) is 0.513. The van der Waals surface area contributed by atoms with Crippen LogP contribution in [0.3, 0.4) is 0 Å². The maximum atomic E-state index is 2.57. The summed E-state index contributed by atoms with van der Waals surface area (Å²) in [4.78, 5) is 0. The molecule has 1 aliphatic rings. The summed E-state index contributed by atoms with van der Waals surface area (Å²) in [5.74, 6) is 2.57. The van der Waals surface area contributed by atoms with E-state index >= 15 is 0 Å². The first kappa shape index (κ1) is 10.7. The first-order valence-electron chi connectivity index (χ1n) is 4.73. The van der Waals surface area contributed by atoms with Gasteiger partial charge < -0.3 is 0 Å². The summed E-state index contributed by atoms with van der Waals surface area (Å²) < 4.78 is 2.57. The number of rotatable bonds is 4. The summed E-state index contributed by atoms with van der Waals surface area (Å²) in [5.41, 5.74) is 0. The molecule has 0 aromatic carbocycles. The van der Waals surface area contributed by atoms with Crippen molar-refractivity contribution in [2.24, 2.45) is 0 Å². The van der Waals surface area contributed by atoms with Crippen molar-refractivity contribution < 1.29 is 0 Å². The third-order valence-corrected chi connectivity index (χ3v) is 4.42. The Morgan fingerprint density at radius 2 is 2.17 bits per heavy atom. The fourth-order valence-electron chi connectivity index (χ4n) is 1.50. The van der Waals surface area contributed by atoms with Crippen molar-refractivity contribution >= 4 is 23.7 Å². The van der Waals surface area contributed by atoms with Crippen molar-refractivity contribution in [1.29, 1.82) is 0 Å². The molecule has 1 atom stereocenters. The number of hydrogen-bond acceptors (Lipinski definition) is 3. The van der Waals surface area contributed by atoms with Gasteiger partial charge in [-0.3, -0.25) is 0 Å².